The number of ether oxygens (including phenoxy) is 2. The zero-order chi connectivity index (χ0) is 60.9. The van der Waals surface area contributed by atoms with Gasteiger partial charge < -0.3 is 20.1 Å². The molecule has 0 amide bonds. The molecule has 0 spiro atoms. The number of nitrogens with two attached hydrogens (primary N) is 1. The number of esters is 2. The summed E-state index contributed by atoms with van der Waals surface area (Å²) in [6.07, 6.45) is 92.6. The number of carbonyl (C=O) groups excluding carboxylic acids is 2. The molecule has 10 heteroatoms. The first-order valence-corrected chi connectivity index (χ1v) is 37.1. The van der Waals surface area contributed by atoms with Crippen molar-refractivity contribution in [2.24, 2.45) is 5.73 Å². The molecule has 0 fully saturated rings. The highest BCUT2D eigenvalue weighted by Gasteiger charge is 2.26. The third-order valence-corrected chi connectivity index (χ3v) is 16.5. The smallest absolute Gasteiger partial charge is 0.462 e. The van der Waals surface area contributed by atoms with E-state index in [0.717, 1.165) is 77.0 Å². The minimum atomic E-state index is -4.39. The van der Waals surface area contributed by atoms with E-state index in [1.165, 1.54) is 231 Å². The van der Waals surface area contributed by atoms with E-state index in [1.54, 1.807) is 0 Å². The minimum absolute atomic E-state index is 0.0543. The van der Waals surface area contributed by atoms with Crippen LogP contribution >= 0.6 is 7.82 Å². The quantitative estimate of drug-likeness (QED) is 0.0264. The summed E-state index contributed by atoms with van der Waals surface area (Å²) in [5, 5.41) is 0. The summed E-state index contributed by atoms with van der Waals surface area (Å²) in [6, 6.07) is 0. The Morgan fingerprint density at radius 1 is 0.369 bits per heavy atom. The molecule has 0 rings (SSSR count). The minimum Gasteiger partial charge on any atom is -0.462 e. The van der Waals surface area contributed by atoms with E-state index in [4.69, 9.17) is 24.3 Å². The molecule has 0 saturated carbocycles. The van der Waals surface area contributed by atoms with E-state index < -0.39 is 26.5 Å². The average Bonchev–Trinajstić information content (AvgIpc) is 3.55. The van der Waals surface area contributed by atoms with Crippen LogP contribution < -0.4 is 5.73 Å². The molecule has 2 unspecified atom stereocenters. The molecular weight excluding hydrogens is 1060 g/mol. The standard InChI is InChI=1S/C74H134NO8P/c1-3-5-7-9-11-13-15-17-19-21-23-25-27-28-29-30-31-32-33-34-35-36-37-38-39-40-41-42-43-44-45-47-49-51-53-55-57-59-61-63-65-67-74(77)83-72(71-82-84(78,79)81-69-68-75)70-80-73(76)66-64-62-60-58-56-54-52-50-48-46-26-24-22-20-18-16-14-12-10-8-6-4-2/h5,7,11,13,17,19,23,25,28-29,31-32,34-35,72H,3-4,6,8-10,12,14-16,18,20-22,24,26-27,30,33,36-71,75H2,1-2H3,(H,78,79)/b7-5-,13-11-,19-17-,25-23-,29-28-,32-31-,35-34-. The van der Waals surface area contributed by atoms with Gasteiger partial charge in [-0.2, -0.15) is 0 Å². The Hall–Kier alpha value is -2.81. The van der Waals surface area contributed by atoms with E-state index >= 15 is 0 Å². The third kappa shape index (κ3) is 68.3. The average molecular weight is 1200 g/mol. The maximum absolute atomic E-state index is 12.8. The molecule has 0 aliphatic carbocycles. The molecule has 0 heterocycles. The number of phosphoric acid groups is 1. The zero-order valence-electron chi connectivity index (χ0n) is 54.9. The van der Waals surface area contributed by atoms with Crippen molar-refractivity contribution >= 4 is 19.8 Å². The van der Waals surface area contributed by atoms with Crippen molar-refractivity contribution in [1.29, 1.82) is 0 Å². The molecule has 0 radical (unpaired) electrons. The first kappa shape index (κ1) is 81.2. The van der Waals surface area contributed by atoms with E-state index in [1.807, 2.05) is 0 Å². The van der Waals surface area contributed by atoms with Crippen molar-refractivity contribution in [3.63, 3.8) is 0 Å². The molecule has 2 atom stereocenters. The summed E-state index contributed by atoms with van der Waals surface area (Å²) in [5.41, 5.74) is 5.40. The normalized spacial score (nSPS) is 13.4. The van der Waals surface area contributed by atoms with Crippen LogP contribution in [0.2, 0.25) is 0 Å². The summed E-state index contributed by atoms with van der Waals surface area (Å²) < 4.78 is 33.2. The van der Waals surface area contributed by atoms with Crippen LogP contribution in [-0.2, 0) is 32.7 Å². The third-order valence-electron chi connectivity index (χ3n) is 15.5. The Morgan fingerprint density at radius 3 is 0.976 bits per heavy atom. The SMILES string of the molecule is CC/C=C\C/C=C\C/C=C\C/C=C\C/C=C\C/C=C\C/C=C\CCCCCCCCCCCCCCCCCCCCCC(=O)OC(COC(=O)CCCCCCCCCCCCCCCCCCCCCCCC)COP(=O)(O)OCCN. The maximum Gasteiger partial charge on any atom is 0.472 e. The van der Waals surface area contributed by atoms with Crippen LogP contribution in [0.3, 0.4) is 0 Å². The summed E-state index contributed by atoms with van der Waals surface area (Å²) in [5.74, 6) is -0.809. The molecule has 3 N–H and O–H groups in total. The number of rotatable bonds is 67. The summed E-state index contributed by atoms with van der Waals surface area (Å²) >= 11 is 0. The van der Waals surface area contributed by atoms with Crippen molar-refractivity contribution in [3.05, 3.63) is 85.1 Å². The van der Waals surface area contributed by atoms with Gasteiger partial charge >= 0.3 is 19.8 Å². The molecule has 0 aromatic heterocycles. The lowest BCUT2D eigenvalue weighted by Gasteiger charge is -2.19. The van der Waals surface area contributed by atoms with Gasteiger partial charge in [0, 0.05) is 19.4 Å². The number of hydrogen-bond acceptors (Lipinski definition) is 8. The highest BCUT2D eigenvalue weighted by atomic mass is 31.2. The van der Waals surface area contributed by atoms with Crippen molar-refractivity contribution in [2.75, 3.05) is 26.4 Å². The van der Waals surface area contributed by atoms with Gasteiger partial charge in [-0.1, -0.05) is 343 Å². The first-order valence-electron chi connectivity index (χ1n) is 35.6. The Balaban J connectivity index is 3.81. The first-order chi connectivity index (χ1) is 41.3. The van der Waals surface area contributed by atoms with Gasteiger partial charge in [0.1, 0.15) is 6.61 Å². The van der Waals surface area contributed by atoms with Crippen LogP contribution in [0.15, 0.2) is 85.1 Å². The van der Waals surface area contributed by atoms with Crippen molar-refractivity contribution in [1.82, 2.24) is 0 Å². The van der Waals surface area contributed by atoms with Crippen LogP contribution in [0.4, 0.5) is 0 Å². The van der Waals surface area contributed by atoms with Gasteiger partial charge in [-0.05, 0) is 70.6 Å². The Bertz CT molecular complexity index is 1650. The topological polar surface area (TPSA) is 134 Å². The lowest BCUT2D eigenvalue weighted by molar-refractivity contribution is -0.161. The van der Waals surface area contributed by atoms with Gasteiger partial charge in [0.15, 0.2) is 6.10 Å². The van der Waals surface area contributed by atoms with E-state index in [-0.39, 0.29) is 38.6 Å². The molecule has 0 aliphatic rings. The van der Waals surface area contributed by atoms with Crippen LogP contribution in [-0.4, -0.2) is 49.3 Å². The van der Waals surface area contributed by atoms with Crippen molar-refractivity contribution in [2.45, 2.75) is 347 Å². The van der Waals surface area contributed by atoms with Gasteiger partial charge in [-0.3, -0.25) is 18.6 Å². The molecule has 0 aromatic rings. The van der Waals surface area contributed by atoms with Crippen molar-refractivity contribution < 1.29 is 37.6 Å². The van der Waals surface area contributed by atoms with E-state index in [0.29, 0.717) is 6.42 Å². The van der Waals surface area contributed by atoms with E-state index in [2.05, 4.69) is 98.9 Å². The summed E-state index contributed by atoms with van der Waals surface area (Å²) in [6.45, 7) is 3.69. The monoisotopic (exact) mass is 1200 g/mol. The molecule has 488 valence electrons. The summed E-state index contributed by atoms with van der Waals surface area (Å²) in [7, 11) is -4.39. The molecule has 84 heavy (non-hydrogen) atoms. The lowest BCUT2D eigenvalue weighted by Crippen LogP contribution is -2.29. The van der Waals surface area contributed by atoms with Crippen LogP contribution in [0.1, 0.15) is 341 Å². The largest absolute Gasteiger partial charge is 0.472 e. The number of unbranched alkanes of at least 4 members (excludes halogenated alkanes) is 40. The van der Waals surface area contributed by atoms with Crippen LogP contribution in [0.25, 0.3) is 0 Å². The number of carbonyl (C=O) groups is 2. The molecule has 0 aromatic carbocycles. The second-order valence-corrected chi connectivity index (χ2v) is 25.2. The second-order valence-electron chi connectivity index (χ2n) is 23.7. The highest BCUT2D eigenvalue weighted by molar-refractivity contribution is 7.47. The fourth-order valence-corrected chi connectivity index (χ4v) is 11.1. The predicted octanol–water partition coefficient (Wildman–Crippen LogP) is 23.4. The highest BCUT2D eigenvalue weighted by Crippen LogP contribution is 2.43. The fraction of sp³-hybridized carbons (Fsp3) is 0.784. The molecule has 0 bridgehead atoms. The molecular formula is C74H134NO8P. The molecule has 0 saturated heterocycles. The molecule has 9 nitrogen and oxygen atoms in total. The molecule has 0 aliphatic heterocycles. The van der Waals surface area contributed by atoms with Crippen LogP contribution in [0, 0.1) is 0 Å². The van der Waals surface area contributed by atoms with Crippen LogP contribution in [0.5, 0.6) is 0 Å². The number of phosphoric ester groups is 1. The summed E-state index contributed by atoms with van der Waals surface area (Å²) in [4.78, 5) is 35.3. The lowest BCUT2D eigenvalue weighted by atomic mass is 10.0. The Kier molecular flexibility index (Phi) is 67.0. The van der Waals surface area contributed by atoms with Gasteiger partial charge in [0.25, 0.3) is 0 Å². The zero-order valence-corrected chi connectivity index (χ0v) is 55.8. The van der Waals surface area contributed by atoms with E-state index in [9.17, 15) is 19.0 Å². The number of allylic oxidation sites excluding steroid dienone is 14. The Morgan fingerprint density at radius 2 is 0.655 bits per heavy atom. The van der Waals surface area contributed by atoms with Gasteiger partial charge in [0.2, 0.25) is 0 Å². The maximum atomic E-state index is 12.8. The fourth-order valence-electron chi connectivity index (χ4n) is 10.3. The number of hydrogen-bond donors (Lipinski definition) is 2. The van der Waals surface area contributed by atoms with Gasteiger partial charge in [-0.25, -0.2) is 4.57 Å². The predicted molar refractivity (Wildman–Crippen MR) is 362 cm³/mol. The Labute approximate surface area is 519 Å². The van der Waals surface area contributed by atoms with Gasteiger partial charge in [0.05, 0.1) is 13.2 Å². The van der Waals surface area contributed by atoms with Gasteiger partial charge in [-0.15, -0.1) is 0 Å². The van der Waals surface area contributed by atoms with Crippen molar-refractivity contribution in [3.8, 4) is 0 Å². The second kappa shape index (κ2) is 69.3.